The Bertz CT molecular complexity index is 249. The molecule has 0 bridgehead atoms. The molecule has 0 amide bonds. The minimum atomic E-state index is 0.436. The Kier molecular flexibility index (Phi) is 7.71. The van der Waals surface area contributed by atoms with Crippen LogP contribution in [0.1, 0.15) is 40.5 Å². The van der Waals surface area contributed by atoms with E-state index in [1.165, 1.54) is 6.42 Å². The number of allylic oxidation sites excluding steroid dienone is 8. The predicted molar refractivity (Wildman–Crippen MR) is 70.9 cm³/mol. The van der Waals surface area contributed by atoms with Gasteiger partial charge in [0.15, 0.2) is 0 Å². The van der Waals surface area contributed by atoms with Gasteiger partial charge >= 0.3 is 0 Å². The summed E-state index contributed by atoms with van der Waals surface area (Å²) in [5.74, 6) is 0. The van der Waals surface area contributed by atoms with Crippen molar-refractivity contribution in [2.24, 2.45) is 5.41 Å². The lowest BCUT2D eigenvalue weighted by atomic mass is 9.86. The van der Waals surface area contributed by atoms with Crippen molar-refractivity contribution in [1.29, 1.82) is 0 Å². The quantitative estimate of drug-likeness (QED) is 0.531. The van der Waals surface area contributed by atoms with Gasteiger partial charge in [0.1, 0.15) is 0 Å². The van der Waals surface area contributed by atoms with Crippen LogP contribution in [-0.4, -0.2) is 0 Å². The maximum absolute atomic E-state index is 2.30. The second-order valence-electron chi connectivity index (χ2n) is 4.45. The van der Waals surface area contributed by atoms with E-state index in [0.717, 1.165) is 6.42 Å². The molecular formula is C15H24. The van der Waals surface area contributed by atoms with Crippen LogP contribution >= 0.6 is 0 Å². The summed E-state index contributed by atoms with van der Waals surface area (Å²) in [5.41, 5.74) is 0.436. The first kappa shape index (κ1) is 14.0. The summed E-state index contributed by atoms with van der Waals surface area (Å²) in [6, 6.07) is 0. The van der Waals surface area contributed by atoms with Crippen LogP contribution in [-0.2, 0) is 0 Å². The van der Waals surface area contributed by atoms with Crippen molar-refractivity contribution >= 4 is 0 Å². The van der Waals surface area contributed by atoms with Crippen LogP contribution in [0.4, 0.5) is 0 Å². The first-order chi connectivity index (χ1) is 7.12. The highest BCUT2D eigenvalue weighted by atomic mass is 14.2. The van der Waals surface area contributed by atoms with Crippen molar-refractivity contribution in [2.45, 2.75) is 40.5 Å². The Labute approximate surface area is 95.1 Å². The van der Waals surface area contributed by atoms with E-state index in [-0.39, 0.29) is 0 Å². The molecule has 0 nitrogen and oxygen atoms in total. The largest absolute Gasteiger partial charge is 0.0877 e. The highest BCUT2D eigenvalue weighted by molar-refractivity contribution is 5.15. The number of hydrogen-bond acceptors (Lipinski definition) is 0. The van der Waals surface area contributed by atoms with Crippen molar-refractivity contribution < 1.29 is 0 Å². The zero-order chi connectivity index (χ0) is 11.6. The van der Waals surface area contributed by atoms with Gasteiger partial charge in [-0.3, -0.25) is 0 Å². The molecular weight excluding hydrogens is 180 g/mol. The molecule has 0 radical (unpaired) electrons. The first-order valence-electron chi connectivity index (χ1n) is 5.73. The second kappa shape index (κ2) is 8.28. The maximum Gasteiger partial charge on any atom is -0.0296 e. The van der Waals surface area contributed by atoms with Gasteiger partial charge in [0.2, 0.25) is 0 Å². The molecule has 0 saturated heterocycles. The summed E-state index contributed by atoms with van der Waals surface area (Å²) >= 11 is 0. The Balaban J connectivity index is 3.80. The topological polar surface area (TPSA) is 0 Å². The molecule has 0 atom stereocenters. The van der Waals surface area contributed by atoms with Crippen molar-refractivity contribution in [2.75, 3.05) is 0 Å². The monoisotopic (exact) mass is 204 g/mol. The second-order valence-corrected chi connectivity index (χ2v) is 4.45. The van der Waals surface area contributed by atoms with E-state index in [1.54, 1.807) is 0 Å². The molecule has 0 aromatic rings. The fraction of sp³-hybridized carbons (Fsp3) is 0.467. The first-order valence-corrected chi connectivity index (χ1v) is 5.73. The van der Waals surface area contributed by atoms with E-state index in [1.807, 2.05) is 31.2 Å². The van der Waals surface area contributed by atoms with E-state index < -0.39 is 0 Å². The minimum absolute atomic E-state index is 0.436. The van der Waals surface area contributed by atoms with Crippen LogP contribution in [0, 0.1) is 5.41 Å². The summed E-state index contributed by atoms with van der Waals surface area (Å²) in [6.45, 7) is 8.85. The van der Waals surface area contributed by atoms with E-state index in [2.05, 4.69) is 45.1 Å². The summed E-state index contributed by atoms with van der Waals surface area (Å²) in [5, 5.41) is 0. The van der Waals surface area contributed by atoms with Gasteiger partial charge in [0.05, 0.1) is 0 Å². The Morgan fingerprint density at radius 1 is 0.867 bits per heavy atom. The maximum atomic E-state index is 2.30. The van der Waals surface area contributed by atoms with Crippen LogP contribution < -0.4 is 0 Å². The van der Waals surface area contributed by atoms with Gasteiger partial charge in [-0.15, -0.1) is 0 Å². The molecule has 0 aromatic heterocycles. The summed E-state index contributed by atoms with van der Waals surface area (Å²) in [6.07, 6.45) is 19.0. The average Bonchev–Trinajstić information content (AvgIpc) is 2.22. The van der Waals surface area contributed by atoms with Crippen LogP contribution in [0.25, 0.3) is 0 Å². The highest BCUT2D eigenvalue weighted by Gasteiger charge is 2.11. The Morgan fingerprint density at radius 2 is 1.40 bits per heavy atom. The van der Waals surface area contributed by atoms with Crippen LogP contribution in [0.3, 0.4) is 0 Å². The molecule has 0 saturated carbocycles. The molecule has 0 rings (SSSR count). The van der Waals surface area contributed by atoms with E-state index in [4.69, 9.17) is 0 Å². The third-order valence-corrected chi connectivity index (χ3v) is 2.51. The normalized spacial score (nSPS) is 14.1. The Morgan fingerprint density at radius 3 is 1.93 bits per heavy atom. The molecule has 0 unspecified atom stereocenters. The van der Waals surface area contributed by atoms with Gasteiger partial charge in [-0.2, -0.15) is 0 Å². The van der Waals surface area contributed by atoms with Crippen LogP contribution in [0.15, 0.2) is 48.6 Å². The molecule has 0 aliphatic rings. The molecule has 0 spiro atoms. The lowest BCUT2D eigenvalue weighted by Crippen LogP contribution is -2.06. The van der Waals surface area contributed by atoms with Crippen molar-refractivity contribution in [3.63, 3.8) is 0 Å². The lowest BCUT2D eigenvalue weighted by molar-refractivity contribution is 0.357. The smallest absolute Gasteiger partial charge is 0.0296 e. The summed E-state index contributed by atoms with van der Waals surface area (Å²) < 4.78 is 0. The van der Waals surface area contributed by atoms with Gasteiger partial charge in [-0.1, -0.05) is 75.8 Å². The molecule has 0 aromatic carbocycles. The molecule has 0 aliphatic carbocycles. The van der Waals surface area contributed by atoms with E-state index >= 15 is 0 Å². The van der Waals surface area contributed by atoms with Crippen LogP contribution in [0.2, 0.25) is 0 Å². The molecule has 84 valence electrons. The lowest BCUT2D eigenvalue weighted by Gasteiger charge is -2.19. The van der Waals surface area contributed by atoms with E-state index in [9.17, 15) is 0 Å². The summed E-state index contributed by atoms with van der Waals surface area (Å²) in [7, 11) is 0. The van der Waals surface area contributed by atoms with E-state index in [0.29, 0.717) is 5.41 Å². The third-order valence-electron chi connectivity index (χ3n) is 2.51. The molecule has 0 fully saturated rings. The predicted octanol–water partition coefficient (Wildman–Crippen LogP) is 5.06. The van der Waals surface area contributed by atoms with Gasteiger partial charge in [0, 0.05) is 0 Å². The molecule has 0 aliphatic heterocycles. The van der Waals surface area contributed by atoms with Crippen molar-refractivity contribution in [3.05, 3.63) is 48.6 Å². The molecule has 15 heavy (non-hydrogen) atoms. The van der Waals surface area contributed by atoms with Gasteiger partial charge in [0.25, 0.3) is 0 Å². The minimum Gasteiger partial charge on any atom is -0.0877 e. The fourth-order valence-corrected chi connectivity index (χ4v) is 0.978. The number of hydrogen-bond donors (Lipinski definition) is 0. The molecule has 0 heterocycles. The third kappa shape index (κ3) is 9.27. The zero-order valence-electron chi connectivity index (χ0n) is 10.5. The van der Waals surface area contributed by atoms with Crippen LogP contribution in [0.5, 0.6) is 0 Å². The fourth-order valence-electron chi connectivity index (χ4n) is 0.978. The van der Waals surface area contributed by atoms with Gasteiger partial charge < -0.3 is 0 Å². The standard InChI is InChI=1S/C15H24/c1-5-7-8-9-10-11-12-13-14-15(3,4)6-2/h5,7-13H,6,14H2,1-4H3/b7-5+,9-8+,11-10+,13-12+. The van der Waals surface area contributed by atoms with Gasteiger partial charge in [-0.25, -0.2) is 0 Å². The van der Waals surface area contributed by atoms with Gasteiger partial charge in [-0.05, 0) is 18.8 Å². The Hall–Kier alpha value is -1.04. The van der Waals surface area contributed by atoms with Crippen molar-refractivity contribution in [1.82, 2.24) is 0 Å². The average molecular weight is 204 g/mol. The van der Waals surface area contributed by atoms with Crippen molar-refractivity contribution in [3.8, 4) is 0 Å². The zero-order valence-corrected chi connectivity index (χ0v) is 10.5. The molecule has 0 N–H and O–H groups in total. The highest BCUT2D eigenvalue weighted by Crippen LogP contribution is 2.24. The number of rotatable bonds is 6. The molecule has 0 heteroatoms. The summed E-state index contributed by atoms with van der Waals surface area (Å²) in [4.78, 5) is 0. The SMILES string of the molecule is C/C=C/C=C/C=C/C=C/CC(C)(C)CC.